The molecule has 116 valence electrons. The normalized spacial score (nSPS) is 28.9. The van der Waals surface area contributed by atoms with E-state index in [4.69, 9.17) is 0 Å². The van der Waals surface area contributed by atoms with Gasteiger partial charge < -0.3 is 5.32 Å². The van der Waals surface area contributed by atoms with E-state index in [2.05, 4.69) is 59.3 Å². The molecule has 2 fully saturated rings. The van der Waals surface area contributed by atoms with E-state index < -0.39 is 0 Å². The fourth-order valence-electron chi connectivity index (χ4n) is 3.93. The number of nitrogens with zero attached hydrogens (tertiary/aromatic N) is 2. The highest BCUT2D eigenvalue weighted by Crippen LogP contribution is 2.25. The zero-order valence-electron chi connectivity index (χ0n) is 13.5. The largest absolute Gasteiger partial charge is 0.383 e. The lowest BCUT2D eigenvalue weighted by molar-refractivity contribution is -0.00133. The molecule has 3 rings (SSSR count). The third-order valence-electron chi connectivity index (χ3n) is 5.18. The van der Waals surface area contributed by atoms with E-state index in [0.29, 0.717) is 12.1 Å². The van der Waals surface area contributed by atoms with Crippen LogP contribution in [0.5, 0.6) is 0 Å². The lowest BCUT2D eigenvalue weighted by Gasteiger charge is -2.49. The average molecular weight is 287 g/mol. The second-order valence-electron chi connectivity index (χ2n) is 6.79. The van der Waals surface area contributed by atoms with Crippen molar-refractivity contribution < 1.29 is 0 Å². The molecule has 0 aliphatic carbocycles. The highest BCUT2D eigenvalue weighted by Gasteiger charge is 2.34. The molecule has 2 saturated heterocycles. The van der Waals surface area contributed by atoms with E-state index in [1.165, 1.54) is 44.6 Å². The Bertz CT molecular complexity index is 433. The maximum absolute atomic E-state index is 3.58. The van der Waals surface area contributed by atoms with Gasteiger partial charge in [0.1, 0.15) is 0 Å². The molecule has 0 aromatic heterocycles. The topological polar surface area (TPSA) is 18.5 Å². The van der Waals surface area contributed by atoms with Crippen molar-refractivity contribution in [3.05, 3.63) is 30.3 Å². The Morgan fingerprint density at radius 1 is 1.19 bits per heavy atom. The van der Waals surface area contributed by atoms with Crippen molar-refractivity contribution >= 4 is 5.69 Å². The molecule has 2 heterocycles. The molecule has 0 saturated carbocycles. The van der Waals surface area contributed by atoms with E-state index in [9.17, 15) is 0 Å². The number of rotatable bonds is 4. The second kappa shape index (κ2) is 6.80. The predicted octanol–water partition coefficient (Wildman–Crippen LogP) is 3.05. The minimum Gasteiger partial charge on any atom is -0.383 e. The maximum atomic E-state index is 3.58. The van der Waals surface area contributed by atoms with Crippen LogP contribution in [0.15, 0.2) is 30.3 Å². The summed E-state index contributed by atoms with van der Waals surface area (Å²) >= 11 is 0. The zero-order chi connectivity index (χ0) is 14.7. The first-order chi connectivity index (χ1) is 10.2. The second-order valence-corrected chi connectivity index (χ2v) is 6.79. The number of para-hydroxylation sites is 1. The molecule has 1 aromatic rings. The number of fused-ring (bicyclic) bond motifs is 1. The highest BCUT2D eigenvalue weighted by molar-refractivity contribution is 5.42. The first-order valence-electron chi connectivity index (χ1n) is 8.53. The van der Waals surface area contributed by atoms with E-state index >= 15 is 0 Å². The summed E-state index contributed by atoms with van der Waals surface area (Å²) < 4.78 is 0. The number of benzene rings is 1. The van der Waals surface area contributed by atoms with Gasteiger partial charge in [-0.1, -0.05) is 24.6 Å². The first-order valence-corrected chi connectivity index (χ1v) is 8.53. The fraction of sp³-hybridized carbons (Fsp3) is 0.667. The molecule has 2 aliphatic heterocycles. The summed E-state index contributed by atoms with van der Waals surface area (Å²) in [7, 11) is 0. The van der Waals surface area contributed by atoms with Gasteiger partial charge in [-0.2, -0.15) is 0 Å². The Hall–Kier alpha value is -1.06. The number of nitrogens with one attached hydrogen (secondary N) is 1. The monoisotopic (exact) mass is 287 g/mol. The van der Waals surface area contributed by atoms with E-state index in [1.807, 2.05) is 0 Å². The Kier molecular flexibility index (Phi) is 4.81. The summed E-state index contributed by atoms with van der Waals surface area (Å²) in [5.41, 5.74) is 1.23. The molecule has 0 spiro atoms. The van der Waals surface area contributed by atoms with Crippen LogP contribution in [0.25, 0.3) is 0 Å². The van der Waals surface area contributed by atoms with Crippen LogP contribution in [0.4, 0.5) is 5.69 Å². The minimum absolute atomic E-state index is 0.587. The van der Waals surface area contributed by atoms with Gasteiger partial charge in [0.05, 0.1) is 0 Å². The van der Waals surface area contributed by atoms with Crippen molar-refractivity contribution in [2.24, 2.45) is 0 Å². The number of hydrogen-bond donors (Lipinski definition) is 1. The highest BCUT2D eigenvalue weighted by atomic mass is 15.3. The Balaban J connectivity index is 1.55. The van der Waals surface area contributed by atoms with Crippen LogP contribution >= 0.6 is 0 Å². The van der Waals surface area contributed by atoms with Gasteiger partial charge in [-0.15, -0.1) is 0 Å². The Labute approximate surface area is 129 Å². The molecule has 0 amide bonds. The van der Waals surface area contributed by atoms with Crippen LogP contribution in [0.3, 0.4) is 0 Å². The molecule has 21 heavy (non-hydrogen) atoms. The third-order valence-corrected chi connectivity index (χ3v) is 5.18. The summed E-state index contributed by atoms with van der Waals surface area (Å²) in [4.78, 5) is 5.43. The molecule has 2 aliphatic rings. The molecule has 3 nitrogen and oxygen atoms in total. The van der Waals surface area contributed by atoms with Crippen molar-refractivity contribution in [3.63, 3.8) is 0 Å². The molecule has 3 atom stereocenters. The van der Waals surface area contributed by atoms with Crippen LogP contribution in [0.2, 0.25) is 0 Å². The van der Waals surface area contributed by atoms with Gasteiger partial charge in [-0.3, -0.25) is 9.80 Å². The number of piperidine rings is 1. The van der Waals surface area contributed by atoms with Crippen LogP contribution in [-0.4, -0.2) is 54.1 Å². The number of piperazine rings is 1. The average Bonchev–Trinajstić information content (AvgIpc) is 2.53. The van der Waals surface area contributed by atoms with Crippen molar-refractivity contribution in [3.8, 4) is 0 Å². The summed E-state index contributed by atoms with van der Waals surface area (Å²) in [5, 5.41) is 3.58. The van der Waals surface area contributed by atoms with Gasteiger partial charge in [-0.05, 0) is 45.4 Å². The van der Waals surface area contributed by atoms with Gasteiger partial charge >= 0.3 is 0 Å². The summed E-state index contributed by atoms with van der Waals surface area (Å²) in [6.45, 7) is 9.61. The summed E-state index contributed by atoms with van der Waals surface area (Å²) in [6.07, 6.45) is 4.20. The first kappa shape index (κ1) is 14.9. The van der Waals surface area contributed by atoms with E-state index in [1.54, 1.807) is 0 Å². The summed E-state index contributed by atoms with van der Waals surface area (Å²) in [5.74, 6) is 0. The smallest absolute Gasteiger partial charge is 0.0340 e. The molecule has 3 heteroatoms. The molecular weight excluding hydrogens is 258 g/mol. The van der Waals surface area contributed by atoms with Gasteiger partial charge in [0.15, 0.2) is 0 Å². The van der Waals surface area contributed by atoms with Crippen molar-refractivity contribution in [1.29, 1.82) is 0 Å². The Morgan fingerprint density at radius 3 is 2.81 bits per heavy atom. The zero-order valence-corrected chi connectivity index (χ0v) is 13.5. The quantitative estimate of drug-likeness (QED) is 0.918. The van der Waals surface area contributed by atoms with Crippen molar-refractivity contribution in [2.75, 3.05) is 31.5 Å². The molecule has 1 aromatic carbocycles. The lowest BCUT2D eigenvalue weighted by Crippen LogP contribution is -2.61. The number of hydrogen-bond acceptors (Lipinski definition) is 3. The molecule has 3 unspecified atom stereocenters. The van der Waals surface area contributed by atoms with Crippen molar-refractivity contribution in [1.82, 2.24) is 9.80 Å². The number of anilines is 1. The van der Waals surface area contributed by atoms with E-state index in [0.717, 1.165) is 12.6 Å². The predicted molar refractivity (Wildman–Crippen MR) is 89.8 cm³/mol. The van der Waals surface area contributed by atoms with Crippen molar-refractivity contribution in [2.45, 2.75) is 51.2 Å². The van der Waals surface area contributed by atoms with Crippen LogP contribution in [-0.2, 0) is 0 Å². The molecule has 1 N–H and O–H groups in total. The van der Waals surface area contributed by atoms with Gasteiger partial charge in [0.25, 0.3) is 0 Å². The van der Waals surface area contributed by atoms with Gasteiger partial charge in [0.2, 0.25) is 0 Å². The standard InChI is InChI=1S/C18H29N3/c1-15(12-19-17-8-4-3-5-9-17)21-14-18-10-6-7-11-20(18)13-16(21)2/h3-5,8-9,15-16,18-19H,6-7,10-14H2,1-2H3. The van der Waals surface area contributed by atoms with Crippen LogP contribution in [0.1, 0.15) is 33.1 Å². The lowest BCUT2D eigenvalue weighted by atomic mass is 9.96. The van der Waals surface area contributed by atoms with Gasteiger partial charge in [-0.25, -0.2) is 0 Å². The summed E-state index contributed by atoms with van der Waals surface area (Å²) in [6, 6.07) is 12.6. The third kappa shape index (κ3) is 3.58. The minimum atomic E-state index is 0.587. The molecule has 0 radical (unpaired) electrons. The maximum Gasteiger partial charge on any atom is 0.0340 e. The fourth-order valence-corrected chi connectivity index (χ4v) is 3.93. The van der Waals surface area contributed by atoms with Gasteiger partial charge in [0, 0.05) is 43.4 Å². The molecular formula is C18H29N3. The van der Waals surface area contributed by atoms with E-state index in [-0.39, 0.29) is 0 Å². The molecule has 0 bridgehead atoms. The van der Waals surface area contributed by atoms with Crippen LogP contribution < -0.4 is 5.32 Å². The SMILES string of the molecule is CC(CNc1ccccc1)N1CC2CCCCN2CC1C. The Morgan fingerprint density at radius 2 is 2.00 bits per heavy atom. The van der Waals surface area contributed by atoms with Crippen LogP contribution in [0, 0.1) is 0 Å².